The maximum atomic E-state index is 13.0. The van der Waals surface area contributed by atoms with Crippen molar-refractivity contribution in [3.8, 4) is 0 Å². The SMILES string of the molecule is C\C(=C/C(F)=C\C=C\N/C=C\C(=N)Cl)CO. The van der Waals surface area contributed by atoms with Gasteiger partial charge in [-0.2, -0.15) is 0 Å². The van der Waals surface area contributed by atoms with E-state index in [2.05, 4.69) is 5.32 Å². The first kappa shape index (κ1) is 14.6. The third-order valence-electron chi connectivity index (χ3n) is 1.41. The van der Waals surface area contributed by atoms with Crippen LogP contribution in [0.2, 0.25) is 0 Å². The van der Waals surface area contributed by atoms with Gasteiger partial charge < -0.3 is 10.4 Å². The molecule has 0 amide bonds. The molecule has 88 valence electrons. The number of aliphatic hydroxyl groups excluding tert-OH is 1. The number of aliphatic hydroxyl groups is 1. The van der Waals surface area contributed by atoms with Gasteiger partial charge in [-0.15, -0.1) is 0 Å². The number of hydrogen-bond acceptors (Lipinski definition) is 3. The Kier molecular flexibility index (Phi) is 8.11. The maximum absolute atomic E-state index is 13.0. The third kappa shape index (κ3) is 9.18. The average molecular weight is 245 g/mol. The second-order valence-electron chi connectivity index (χ2n) is 2.91. The first-order valence-corrected chi connectivity index (χ1v) is 4.91. The Labute approximate surface area is 99.1 Å². The molecule has 0 spiro atoms. The smallest absolute Gasteiger partial charge is 0.123 e. The van der Waals surface area contributed by atoms with Gasteiger partial charge >= 0.3 is 0 Å². The van der Waals surface area contributed by atoms with Crippen molar-refractivity contribution in [1.82, 2.24) is 5.32 Å². The van der Waals surface area contributed by atoms with Gasteiger partial charge in [-0.05, 0) is 36.8 Å². The second kappa shape index (κ2) is 8.88. The molecule has 0 aromatic rings. The standard InChI is InChI=1S/C11H14ClFN2O/c1-9(8-16)7-10(13)3-2-5-15-6-4-11(12)14/h2-7,14-16H,8H2,1H3/b5-2+,6-4-,9-7+,10-3+,14-11?. The lowest BCUT2D eigenvalue weighted by molar-refractivity contribution is 0.331. The predicted molar refractivity (Wildman–Crippen MR) is 65.0 cm³/mol. The van der Waals surface area contributed by atoms with Crippen molar-refractivity contribution in [3.63, 3.8) is 0 Å². The first-order valence-electron chi connectivity index (χ1n) is 4.53. The van der Waals surface area contributed by atoms with Gasteiger partial charge in [-0.25, -0.2) is 4.39 Å². The Bertz CT molecular complexity index is 346. The Hall–Kier alpha value is -1.39. The Morgan fingerprint density at radius 2 is 2.19 bits per heavy atom. The summed E-state index contributed by atoms with van der Waals surface area (Å²) in [5.74, 6) is -0.446. The van der Waals surface area contributed by atoms with Crippen LogP contribution in [0.3, 0.4) is 0 Å². The molecule has 0 saturated carbocycles. The van der Waals surface area contributed by atoms with Gasteiger partial charge in [-0.3, -0.25) is 5.41 Å². The van der Waals surface area contributed by atoms with Crippen LogP contribution in [-0.4, -0.2) is 16.9 Å². The normalized spacial score (nSPS) is 13.8. The Balaban J connectivity index is 4.07. The van der Waals surface area contributed by atoms with Crippen LogP contribution < -0.4 is 5.32 Å². The summed E-state index contributed by atoms with van der Waals surface area (Å²) in [4.78, 5) is 0. The zero-order valence-corrected chi connectivity index (χ0v) is 9.63. The van der Waals surface area contributed by atoms with Crippen LogP contribution in [-0.2, 0) is 0 Å². The van der Waals surface area contributed by atoms with Crippen LogP contribution in [0.4, 0.5) is 4.39 Å². The largest absolute Gasteiger partial charge is 0.392 e. The minimum atomic E-state index is -0.446. The van der Waals surface area contributed by atoms with E-state index in [9.17, 15) is 4.39 Å². The Morgan fingerprint density at radius 1 is 1.50 bits per heavy atom. The minimum Gasteiger partial charge on any atom is -0.392 e. The summed E-state index contributed by atoms with van der Waals surface area (Å²) in [5.41, 5.74) is 0.547. The van der Waals surface area contributed by atoms with Crippen molar-refractivity contribution in [2.24, 2.45) is 0 Å². The molecule has 0 unspecified atom stereocenters. The zero-order valence-electron chi connectivity index (χ0n) is 8.87. The molecule has 0 saturated heterocycles. The molecule has 0 heterocycles. The molecule has 0 bridgehead atoms. The molecule has 16 heavy (non-hydrogen) atoms. The van der Waals surface area contributed by atoms with Gasteiger partial charge in [-0.1, -0.05) is 11.6 Å². The van der Waals surface area contributed by atoms with E-state index in [4.69, 9.17) is 22.1 Å². The molecule has 0 rings (SSSR count). The van der Waals surface area contributed by atoms with Crippen LogP contribution in [0.15, 0.2) is 48.1 Å². The van der Waals surface area contributed by atoms with Crippen molar-refractivity contribution in [3.05, 3.63) is 48.1 Å². The average Bonchev–Trinajstić information content (AvgIpc) is 2.22. The minimum absolute atomic E-state index is 0.0934. The fraction of sp³-hybridized carbons (Fsp3) is 0.182. The Morgan fingerprint density at radius 3 is 2.75 bits per heavy atom. The lowest BCUT2D eigenvalue weighted by Gasteiger charge is -1.91. The summed E-state index contributed by atoms with van der Waals surface area (Å²) in [6, 6.07) is 0. The third-order valence-corrected chi connectivity index (χ3v) is 1.53. The summed E-state index contributed by atoms with van der Waals surface area (Å²) >= 11 is 5.24. The van der Waals surface area contributed by atoms with Gasteiger partial charge in [0.2, 0.25) is 0 Å². The number of allylic oxidation sites excluding steroid dienone is 5. The fourth-order valence-electron chi connectivity index (χ4n) is 0.702. The van der Waals surface area contributed by atoms with E-state index in [0.717, 1.165) is 0 Å². The van der Waals surface area contributed by atoms with Crippen LogP contribution in [0.1, 0.15) is 6.92 Å². The topological polar surface area (TPSA) is 56.1 Å². The van der Waals surface area contributed by atoms with E-state index in [0.29, 0.717) is 5.57 Å². The van der Waals surface area contributed by atoms with E-state index in [-0.39, 0.29) is 11.8 Å². The summed E-state index contributed by atoms with van der Waals surface area (Å²) in [7, 11) is 0. The summed E-state index contributed by atoms with van der Waals surface area (Å²) in [5, 5.41) is 18.1. The summed E-state index contributed by atoms with van der Waals surface area (Å²) < 4.78 is 13.0. The number of nitrogens with one attached hydrogen (secondary N) is 2. The quantitative estimate of drug-likeness (QED) is 0.497. The van der Waals surface area contributed by atoms with Gasteiger partial charge in [0.15, 0.2) is 0 Å². The van der Waals surface area contributed by atoms with Crippen LogP contribution in [0, 0.1) is 5.41 Å². The molecular formula is C11H14ClFN2O. The van der Waals surface area contributed by atoms with E-state index in [1.807, 2.05) is 0 Å². The molecule has 0 fully saturated rings. The molecule has 0 atom stereocenters. The zero-order chi connectivity index (χ0) is 12.4. The molecule has 0 aromatic heterocycles. The van der Waals surface area contributed by atoms with Crippen LogP contribution in [0.5, 0.6) is 0 Å². The maximum Gasteiger partial charge on any atom is 0.123 e. The van der Waals surface area contributed by atoms with Crippen LogP contribution >= 0.6 is 11.6 Å². The van der Waals surface area contributed by atoms with E-state index in [1.54, 1.807) is 6.92 Å². The number of hydrogen-bond donors (Lipinski definition) is 3. The predicted octanol–water partition coefficient (Wildman–Crippen LogP) is 2.61. The van der Waals surface area contributed by atoms with E-state index in [1.165, 1.54) is 36.7 Å². The highest BCUT2D eigenvalue weighted by Gasteiger charge is 1.88. The molecule has 0 radical (unpaired) electrons. The van der Waals surface area contributed by atoms with E-state index < -0.39 is 5.83 Å². The fourth-order valence-corrected chi connectivity index (χ4v) is 0.765. The van der Waals surface area contributed by atoms with E-state index >= 15 is 0 Å². The van der Waals surface area contributed by atoms with Crippen molar-refractivity contribution in [1.29, 1.82) is 5.41 Å². The van der Waals surface area contributed by atoms with Gasteiger partial charge in [0.25, 0.3) is 0 Å². The lowest BCUT2D eigenvalue weighted by Crippen LogP contribution is -1.91. The number of halogens is 2. The van der Waals surface area contributed by atoms with Gasteiger partial charge in [0.1, 0.15) is 11.0 Å². The lowest BCUT2D eigenvalue weighted by atomic mass is 10.3. The monoisotopic (exact) mass is 244 g/mol. The van der Waals surface area contributed by atoms with Crippen molar-refractivity contribution in [2.75, 3.05) is 6.61 Å². The van der Waals surface area contributed by atoms with Crippen molar-refractivity contribution < 1.29 is 9.50 Å². The second-order valence-corrected chi connectivity index (χ2v) is 3.31. The molecule has 0 aliphatic carbocycles. The molecule has 0 aliphatic heterocycles. The van der Waals surface area contributed by atoms with Gasteiger partial charge in [0, 0.05) is 12.4 Å². The first-order chi connectivity index (χ1) is 7.56. The van der Waals surface area contributed by atoms with Gasteiger partial charge in [0.05, 0.1) is 6.61 Å². The van der Waals surface area contributed by atoms with Crippen LogP contribution in [0.25, 0.3) is 0 Å². The highest BCUT2D eigenvalue weighted by molar-refractivity contribution is 6.67. The molecule has 3 N–H and O–H groups in total. The highest BCUT2D eigenvalue weighted by atomic mass is 35.5. The highest BCUT2D eigenvalue weighted by Crippen LogP contribution is 2.03. The summed E-state index contributed by atoms with van der Waals surface area (Å²) in [6.45, 7) is 1.47. The molecule has 3 nitrogen and oxygen atoms in total. The molecule has 0 aromatic carbocycles. The molecule has 0 aliphatic rings. The number of rotatable bonds is 6. The molecule has 5 heteroatoms. The van der Waals surface area contributed by atoms with Crippen molar-refractivity contribution >= 4 is 16.8 Å². The molecular weight excluding hydrogens is 231 g/mol. The summed E-state index contributed by atoms with van der Waals surface area (Å²) in [6.07, 6.45) is 8.23. The van der Waals surface area contributed by atoms with Crippen molar-refractivity contribution in [2.45, 2.75) is 6.92 Å².